The molecule has 3 aliphatic carbocycles. The molecule has 1 heterocycles. The van der Waals surface area contributed by atoms with Crippen LogP contribution >= 0.6 is 0 Å². The topological polar surface area (TPSA) is 25.8 Å². The predicted molar refractivity (Wildman–Crippen MR) is 75.8 cm³/mol. The van der Waals surface area contributed by atoms with Crippen LogP contribution in [-0.2, 0) is 5.41 Å². The first-order valence-corrected chi connectivity index (χ1v) is 7.28. The molecule has 0 saturated heterocycles. The zero-order valence-corrected chi connectivity index (χ0v) is 11.8. The van der Waals surface area contributed by atoms with Gasteiger partial charge in [0.1, 0.15) is 6.33 Å². The Morgan fingerprint density at radius 2 is 2.11 bits per heavy atom. The summed E-state index contributed by atoms with van der Waals surface area (Å²) in [7, 11) is 0. The Kier molecular flexibility index (Phi) is 2.01. The lowest BCUT2D eigenvalue weighted by molar-refractivity contribution is 0.164. The second-order valence-electron chi connectivity index (χ2n) is 6.83. The van der Waals surface area contributed by atoms with Crippen molar-refractivity contribution in [1.29, 1.82) is 0 Å². The summed E-state index contributed by atoms with van der Waals surface area (Å²) in [6.07, 6.45) is 12.3. The summed E-state index contributed by atoms with van der Waals surface area (Å²) >= 11 is 0. The molecule has 1 aromatic rings. The number of rotatable bonds is 2. The van der Waals surface area contributed by atoms with E-state index in [2.05, 4.69) is 61.1 Å². The Morgan fingerprint density at radius 1 is 1.26 bits per heavy atom. The largest absolute Gasteiger partial charge is 0.241 e. The van der Waals surface area contributed by atoms with E-state index in [-0.39, 0.29) is 5.41 Å². The van der Waals surface area contributed by atoms with Gasteiger partial charge in [-0.25, -0.2) is 9.97 Å². The van der Waals surface area contributed by atoms with Crippen molar-refractivity contribution in [3.8, 4) is 0 Å². The zero-order valence-electron chi connectivity index (χ0n) is 11.8. The van der Waals surface area contributed by atoms with E-state index >= 15 is 0 Å². The summed E-state index contributed by atoms with van der Waals surface area (Å²) in [5.41, 5.74) is 2.98. The van der Waals surface area contributed by atoms with Crippen LogP contribution in [0.1, 0.15) is 44.5 Å². The van der Waals surface area contributed by atoms with E-state index in [4.69, 9.17) is 0 Å². The summed E-state index contributed by atoms with van der Waals surface area (Å²) in [4.78, 5) is 9.02. The molecule has 4 rings (SSSR count). The highest BCUT2D eigenvalue weighted by Crippen LogP contribution is 2.82. The average Bonchev–Trinajstić information content (AvgIpc) is 3.00. The smallest absolute Gasteiger partial charge is 0.115 e. The molecule has 98 valence electrons. The second-order valence-corrected chi connectivity index (χ2v) is 6.83. The molecule has 3 aliphatic rings. The molecular formula is C17H20N2. The SMILES string of the molecule is CC(C)c1cc(C2(C)CC3C4C=CC=CC432)ncn1. The fourth-order valence-corrected chi connectivity index (χ4v) is 4.50. The van der Waals surface area contributed by atoms with Gasteiger partial charge in [-0.15, -0.1) is 0 Å². The van der Waals surface area contributed by atoms with Gasteiger partial charge in [-0.3, -0.25) is 0 Å². The molecule has 19 heavy (non-hydrogen) atoms. The van der Waals surface area contributed by atoms with Crippen LogP contribution in [0.3, 0.4) is 0 Å². The lowest BCUT2D eigenvalue weighted by Gasteiger charge is -2.45. The molecular weight excluding hydrogens is 232 g/mol. The van der Waals surface area contributed by atoms with E-state index in [0.717, 1.165) is 11.8 Å². The Labute approximate surface area is 114 Å². The van der Waals surface area contributed by atoms with Crippen LogP contribution in [0.2, 0.25) is 0 Å². The maximum absolute atomic E-state index is 4.61. The number of hydrogen-bond donors (Lipinski definition) is 0. The highest BCUT2D eigenvalue weighted by atomic mass is 14.9. The van der Waals surface area contributed by atoms with Crippen LogP contribution in [-0.4, -0.2) is 9.97 Å². The second kappa shape index (κ2) is 3.36. The molecule has 2 saturated carbocycles. The van der Waals surface area contributed by atoms with E-state index in [0.29, 0.717) is 11.3 Å². The molecule has 0 N–H and O–H groups in total. The molecule has 0 aliphatic heterocycles. The fourth-order valence-electron chi connectivity index (χ4n) is 4.50. The maximum atomic E-state index is 4.61. The van der Waals surface area contributed by atoms with Crippen molar-refractivity contribution in [3.63, 3.8) is 0 Å². The molecule has 0 bridgehead atoms. The van der Waals surface area contributed by atoms with E-state index < -0.39 is 0 Å². The van der Waals surface area contributed by atoms with Crippen molar-refractivity contribution in [3.05, 3.63) is 48.1 Å². The van der Waals surface area contributed by atoms with Crippen LogP contribution in [0.15, 0.2) is 36.7 Å². The Morgan fingerprint density at radius 3 is 2.84 bits per heavy atom. The van der Waals surface area contributed by atoms with Gasteiger partial charge in [0.25, 0.3) is 0 Å². The summed E-state index contributed by atoms with van der Waals surface area (Å²) in [6, 6.07) is 2.23. The normalized spacial score (nSPS) is 41.7. The lowest BCUT2D eigenvalue weighted by atomic mass is 9.58. The number of fused-ring (bicyclic) bond motifs is 1. The molecule has 1 aromatic heterocycles. The monoisotopic (exact) mass is 252 g/mol. The first kappa shape index (κ1) is 11.4. The van der Waals surface area contributed by atoms with Gasteiger partial charge >= 0.3 is 0 Å². The highest BCUT2D eigenvalue weighted by Gasteiger charge is 2.79. The van der Waals surface area contributed by atoms with Gasteiger partial charge in [0.15, 0.2) is 0 Å². The fraction of sp³-hybridized carbons (Fsp3) is 0.529. The van der Waals surface area contributed by atoms with Gasteiger partial charge in [-0.1, -0.05) is 45.1 Å². The van der Waals surface area contributed by atoms with Crippen LogP contribution < -0.4 is 0 Å². The standard InChI is InChI=1S/C17H20N2/c1-11(2)14-8-15(19-10-18-14)16(3)9-13-12-6-4-5-7-17(12,13)16/h4-8,10-13H,9H2,1-3H3. The van der Waals surface area contributed by atoms with Crippen LogP contribution in [0, 0.1) is 17.3 Å². The van der Waals surface area contributed by atoms with Crippen LogP contribution in [0.4, 0.5) is 0 Å². The van der Waals surface area contributed by atoms with E-state index in [1.54, 1.807) is 6.33 Å². The van der Waals surface area contributed by atoms with Crippen molar-refractivity contribution >= 4 is 0 Å². The van der Waals surface area contributed by atoms with Gasteiger partial charge in [0.05, 0.1) is 5.69 Å². The number of aromatic nitrogens is 2. The van der Waals surface area contributed by atoms with Crippen molar-refractivity contribution < 1.29 is 0 Å². The molecule has 2 heteroatoms. The summed E-state index contributed by atoms with van der Waals surface area (Å²) < 4.78 is 0. The third-order valence-electron chi connectivity index (χ3n) is 5.72. The minimum Gasteiger partial charge on any atom is -0.241 e. The summed E-state index contributed by atoms with van der Waals surface area (Å²) in [5.74, 6) is 2.07. The van der Waals surface area contributed by atoms with Gasteiger partial charge in [0.2, 0.25) is 0 Å². The van der Waals surface area contributed by atoms with Gasteiger partial charge in [-0.05, 0) is 30.2 Å². The molecule has 4 unspecified atom stereocenters. The summed E-state index contributed by atoms with van der Waals surface area (Å²) in [5, 5.41) is 0. The number of hydrogen-bond acceptors (Lipinski definition) is 2. The van der Waals surface area contributed by atoms with Crippen molar-refractivity contribution in [2.75, 3.05) is 0 Å². The molecule has 1 spiro atoms. The first-order chi connectivity index (χ1) is 9.09. The van der Waals surface area contributed by atoms with Gasteiger partial charge < -0.3 is 0 Å². The highest BCUT2D eigenvalue weighted by molar-refractivity contribution is 5.48. The Balaban J connectivity index is 1.76. The number of nitrogens with zero attached hydrogens (tertiary/aromatic N) is 2. The van der Waals surface area contributed by atoms with Crippen LogP contribution in [0.5, 0.6) is 0 Å². The molecule has 0 radical (unpaired) electrons. The zero-order chi connectivity index (χ0) is 13.3. The maximum Gasteiger partial charge on any atom is 0.115 e. The molecule has 2 nitrogen and oxygen atoms in total. The summed E-state index contributed by atoms with van der Waals surface area (Å²) in [6.45, 7) is 6.78. The minimum atomic E-state index is 0.205. The van der Waals surface area contributed by atoms with Crippen LogP contribution in [0.25, 0.3) is 0 Å². The lowest BCUT2D eigenvalue weighted by Crippen LogP contribution is -2.44. The molecule has 0 amide bonds. The van der Waals surface area contributed by atoms with Crippen molar-refractivity contribution in [2.45, 2.75) is 38.5 Å². The third-order valence-corrected chi connectivity index (χ3v) is 5.72. The molecule has 4 atom stereocenters. The first-order valence-electron chi connectivity index (χ1n) is 7.28. The predicted octanol–water partition coefficient (Wildman–Crippen LogP) is 3.62. The minimum absolute atomic E-state index is 0.205. The van der Waals surface area contributed by atoms with Crippen molar-refractivity contribution in [2.24, 2.45) is 17.3 Å². The van der Waals surface area contributed by atoms with Crippen molar-refractivity contribution in [1.82, 2.24) is 9.97 Å². The third kappa shape index (κ3) is 1.18. The quantitative estimate of drug-likeness (QED) is 0.803. The van der Waals surface area contributed by atoms with E-state index in [9.17, 15) is 0 Å². The average molecular weight is 252 g/mol. The number of allylic oxidation sites excluding steroid dienone is 4. The molecule has 2 fully saturated rings. The van der Waals surface area contributed by atoms with E-state index in [1.807, 2.05) is 0 Å². The van der Waals surface area contributed by atoms with Gasteiger partial charge in [-0.2, -0.15) is 0 Å². The van der Waals surface area contributed by atoms with E-state index in [1.165, 1.54) is 17.8 Å². The van der Waals surface area contributed by atoms with Gasteiger partial charge in [0, 0.05) is 16.5 Å². The molecule has 0 aromatic carbocycles. The Hall–Kier alpha value is -1.44. The Bertz CT molecular complexity index is 601.